The minimum atomic E-state index is 0.565. The Labute approximate surface area is 110 Å². The summed E-state index contributed by atoms with van der Waals surface area (Å²) < 4.78 is 5.82. The number of hydrogen-bond donors (Lipinski definition) is 1. The Kier molecular flexibility index (Phi) is 2.76. The van der Waals surface area contributed by atoms with Crippen molar-refractivity contribution < 1.29 is 4.74 Å². The topological polar surface area (TPSA) is 61.0 Å². The maximum atomic E-state index is 5.91. The summed E-state index contributed by atoms with van der Waals surface area (Å²) in [5, 5.41) is 0.880. The highest BCUT2D eigenvalue weighted by Gasteiger charge is 2.07. The molecular formula is C15H13N3O. The monoisotopic (exact) mass is 251 g/mol. The SMILES string of the molecule is Cc1cccc(Oc2ccc(N)c3ncccc23)n1. The predicted octanol–water partition coefficient (Wildman–Crippen LogP) is 3.31. The number of ether oxygens (including phenoxy) is 1. The molecule has 0 saturated heterocycles. The molecule has 1 aromatic carbocycles. The van der Waals surface area contributed by atoms with Crippen LogP contribution in [0.25, 0.3) is 10.9 Å². The van der Waals surface area contributed by atoms with Gasteiger partial charge in [-0.15, -0.1) is 0 Å². The van der Waals surface area contributed by atoms with Gasteiger partial charge >= 0.3 is 0 Å². The number of hydrogen-bond acceptors (Lipinski definition) is 4. The largest absolute Gasteiger partial charge is 0.438 e. The molecule has 0 amide bonds. The molecule has 2 N–H and O–H groups in total. The van der Waals surface area contributed by atoms with Gasteiger partial charge in [0.25, 0.3) is 0 Å². The van der Waals surface area contributed by atoms with Crippen molar-refractivity contribution in [3.8, 4) is 11.6 Å². The number of rotatable bonds is 2. The second-order valence-electron chi connectivity index (χ2n) is 4.27. The summed E-state index contributed by atoms with van der Waals surface area (Å²) in [5.41, 5.74) is 8.20. The van der Waals surface area contributed by atoms with Crippen molar-refractivity contribution in [3.05, 3.63) is 54.4 Å². The molecule has 0 spiro atoms. The van der Waals surface area contributed by atoms with Gasteiger partial charge in [0, 0.05) is 23.3 Å². The quantitative estimate of drug-likeness (QED) is 0.710. The van der Waals surface area contributed by atoms with Crippen LogP contribution < -0.4 is 10.5 Å². The molecule has 3 aromatic rings. The van der Waals surface area contributed by atoms with E-state index >= 15 is 0 Å². The number of pyridine rings is 2. The molecule has 0 bridgehead atoms. The maximum Gasteiger partial charge on any atom is 0.219 e. The molecule has 94 valence electrons. The van der Waals surface area contributed by atoms with E-state index in [0.717, 1.165) is 16.6 Å². The Hall–Kier alpha value is -2.62. The Morgan fingerprint density at radius 3 is 2.79 bits per heavy atom. The second kappa shape index (κ2) is 4.57. The van der Waals surface area contributed by atoms with Gasteiger partial charge in [0.05, 0.1) is 11.2 Å². The first-order chi connectivity index (χ1) is 9.24. The molecule has 2 aromatic heterocycles. The Bertz CT molecular complexity index is 740. The van der Waals surface area contributed by atoms with Crippen LogP contribution in [0.2, 0.25) is 0 Å². The number of nitrogens with zero attached hydrogens (tertiary/aromatic N) is 2. The molecule has 0 aliphatic heterocycles. The van der Waals surface area contributed by atoms with E-state index < -0.39 is 0 Å². The van der Waals surface area contributed by atoms with Crippen molar-refractivity contribution >= 4 is 16.6 Å². The lowest BCUT2D eigenvalue weighted by Crippen LogP contribution is -1.94. The Balaban J connectivity index is 2.09. The standard InChI is InChI=1S/C15H13N3O/c1-10-4-2-6-14(18-10)19-13-8-7-12(16)15-11(13)5-3-9-17-15/h2-9H,16H2,1H3. The number of aryl methyl sites for hydroxylation is 1. The summed E-state index contributed by atoms with van der Waals surface area (Å²) in [5.74, 6) is 1.27. The van der Waals surface area contributed by atoms with Crippen LogP contribution in [0.15, 0.2) is 48.7 Å². The van der Waals surface area contributed by atoms with Gasteiger partial charge in [-0.1, -0.05) is 6.07 Å². The highest BCUT2D eigenvalue weighted by molar-refractivity contribution is 5.93. The first-order valence-electron chi connectivity index (χ1n) is 5.99. The molecule has 2 heterocycles. The minimum Gasteiger partial charge on any atom is -0.438 e. The van der Waals surface area contributed by atoms with E-state index in [1.165, 1.54) is 0 Å². The predicted molar refractivity (Wildman–Crippen MR) is 75.2 cm³/mol. The van der Waals surface area contributed by atoms with Crippen molar-refractivity contribution in [2.24, 2.45) is 0 Å². The third kappa shape index (κ3) is 2.20. The van der Waals surface area contributed by atoms with E-state index in [4.69, 9.17) is 10.5 Å². The lowest BCUT2D eigenvalue weighted by Gasteiger charge is -2.09. The van der Waals surface area contributed by atoms with Crippen molar-refractivity contribution in [3.63, 3.8) is 0 Å². The van der Waals surface area contributed by atoms with Crippen LogP contribution in [0.1, 0.15) is 5.69 Å². The molecule has 0 aliphatic carbocycles. The molecule has 0 atom stereocenters. The molecule has 0 radical (unpaired) electrons. The Morgan fingerprint density at radius 2 is 1.95 bits per heavy atom. The summed E-state index contributed by atoms with van der Waals surface area (Å²) in [6.45, 7) is 1.93. The number of benzene rings is 1. The molecule has 4 nitrogen and oxygen atoms in total. The van der Waals surface area contributed by atoms with Crippen molar-refractivity contribution in [1.29, 1.82) is 0 Å². The van der Waals surface area contributed by atoms with Crippen LogP contribution in [0.3, 0.4) is 0 Å². The summed E-state index contributed by atoms with van der Waals surface area (Å²) in [4.78, 5) is 8.60. The smallest absolute Gasteiger partial charge is 0.219 e. The van der Waals surface area contributed by atoms with E-state index in [1.807, 2.05) is 43.3 Å². The van der Waals surface area contributed by atoms with Gasteiger partial charge in [0.15, 0.2) is 0 Å². The average molecular weight is 251 g/mol. The lowest BCUT2D eigenvalue weighted by molar-refractivity contribution is 0.467. The van der Waals surface area contributed by atoms with Gasteiger partial charge < -0.3 is 10.5 Å². The van der Waals surface area contributed by atoms with Crippen LogP contribution >= 0.6 is 0 Å². The van der Waals surface area contributed by atoms with Crippen LogP contribution in [-0.4, -0.2) is 9.97 Å². The first-order valence-corrected chi connectivity index (χ1v) is 5.99. The fourth-order valence-corrected chi connectivity index (χ4v) is 1.94. The van der Waals surface area contributed by atoms with Gasteiger partial charge in [0.2, 0.25) is 5.88 Å². The van der Waals surface area contributed by atoms with Crippen LogP contribution in [0.5, 0.6) is 11.6 Å². The molecule has 0 fully saturated rings. The minimum absolute atomic E-state index is 0.565. The van der Waals surface area contributed by atoms with E-state index in [2.05, 4.69) is 9.97 Å². The van der Waals surface area contributed by atoms with Crippen LogP contribution in [-0.2, 0) is 0 Å². The number of nitrogen functional groups attached to an aromatic ring is 1. The zero-order valence-electron chi connectivity index (χ0n) is 10.5. The summed E-state index contributed by atoms with van der Waals surface area (Å²) in [7, 11) is 0. The number of nitrogens with two attached hydrogens (primary N) is 1. The fourth-order valence-electron chi connectivity index (χ4n) is 1.94. The van der Waals surface area contributed by atoms with Gasteiger partial charge in [-0.25, -0.2) is 4.98 Å². The molecule has 3 rings (SSSR count). The van der Waals surface area contributed by atoms with E-state index in [0.29, 0.717) is 17.3 Å². The highest BCUT2D eigenvalue weighted by Crippen LogP contribution is 2.31. The fraction of sp³-hybridized carbons (Fsp3) is 0.0667. The van der Waals surface area contributed by atoms with Gasteiger partial charge in [0.1, 0.15) is 5.75 Å². The summed E-state index contributed by atoms with van der Waals surface area (Å²) in [6, 6.07) is 13.1. The molecule has 0 unspecified atom stereocenters. The number of aromatic nitrogens is 2. The van der Waals surface area contributed by atoms with Gasteiger partial charge in [-0.3, -0.25) is 4.98 Å². The molecular weight excluding hydrogens is 238 g/mol. The highest BCUT2D eigenvalue weighted by atomic mass is 16.5. The Morgan fingerprint density at radius 1 is 1.05 bits per heavy atom. The van der Waals surface area contributed by atoms with Crippen molar-refractivity contribution in [1.82, 2.24) is 9.97 Å². The third-order valence-corrected chi connectivity index (χ3v) is 2.84. The van der Waals surface area contributed by atoms with E-state index in [9.17, 15) is 0 Å². The van der Waals surface area contributed by atoms with E-state index in [1.54, 1.807) is 12.3 Å². The summed E-state index contributed by atoms with van der Waals surface area (Å²) in [6.07, 6.45) is 1.72. The number of fused-ring (bicyclic) bond motifs is 1. The van der Waals surface area contributed by atoms with E-state index in [-0.39, 0.29) is 0 Å². The lowest BCUT2D eigenvalue weighted by atomic mass is 10.2. The first kappa shape index (κ1) is 11.5. The van der Waals surface area contributed by atoms with Crippen molar-refractivity contribution in [2.45, 2.75) is 6.92 Å². The van der Waals surface area contributed by atoms with Gasteiger partial charge in [-0.2, -0.15) is 0 Å². The number of anilines is 1. The third-order valence-electron chi connectivity index (χ3n) is 2.84. The van der Waals surface area contributed by atoms with Gasteiger partial charge in [-0.05, 0) is 37.3 Å². The zero-order valence-corrected chi connectivity index (χ0v) is 10.5. The second-order valence-corrected chi connectivity index (χ2v) is 4.27. The van der Waals surface area contributed by atoms with Crippen LogP contribution in [0, 0.1) is 6.92 Å². The summed E-state index contributed by atoms with van der Waals surface area (Å²) >= 11 is 0. The maximum absolute atomic E-state index is 5.91. The molecule has 0 saturated carbocycles. The molecule has 19 heavy (non-hydrogen) atoms. The van der Waals surface area contributed by atoms with Crippen LogP contribution in [0.4, 0.5) is 5.69 Å². The zero-order chi connectivity index (χ0) is 13.2. The average Bonchev–Trinajstić information content (AvgIpc) is 2.42. The molecule has 0 aliphatic rings. The normalized spacial score (nSPS) is 10.6. The van der Waals surface area contributed by atoms with Crippen molar-refractivity contribution in [2.75, 3.05) is 5.73 Å². The molecule has 4 heteroatoms.